The first kappa shape index (κ1) is 8.98. The molecule has 2 aliphatic carbocycles. The summed E-state index contributed by atoms with van der Waals surface area (Å²) in [6, 6.07) is 0. The summed E-state index contributed by atoms with van der Waals surface area (Å²) in [6.45, 7) is 4.23. The molecule has 0 aromatic rings. The van der Waals surface area contributed by atoms with Crippen LogP contribution in [-0.2, 0) is 4.79 Å². The summed E-state index contributed by atoms with van der Waals surface area (Å²) in [6.07, 6.45) is 9.06. The predicted octanol–water partition coefficient (Wildman–Crippen LogP) is 2.96. The molecule has 0 radical (unpaired) electrons. The maximum atomic E-state index is 11.8. The molecular formula is C12H18O. The molecule has 2 atom stereocenters. The summed E-state index contributed by atoms with van der Waals surface area (Å²) in [5, 5.41) is 0. The third-order valence-corrected chi connectivity index (χ3v) is 3.84. The molecule has 1 nitrogen and oxygen atoms in total. The molecule has 2 aliphatic rings. The van der Waals surface area contributed by atoms with Crippen LogP contribution in [0.2, 0.25) is 0 Å². The average molecular weight is 178 g/mol. The molecule has 0 amide bonds. The van der Waals surface area contributed by atoms with E-state index in [2.05, 4.69) is 26.0 Å². The van der Waals surface area contributed by atoms with Crippen LogP contribution in [0.3, 0.4) is 0 Å². The quantitative estimate of drug-likeness (QED) is 0.521. The number of hydrogen-bond donors (Lipinski definition) is 0. The van der Waals surface area contributed by atoms with Gasteiger partial charge in [-0.1, -0.05) is 26.0 Å². The number of carbonyl (C=O) groups excluding carboxylic acids is 1. The van der Waals surface area contributed by atoms with Crippen molar-refractivity contribution in [3.8, 4) is 0 Å². The van der Waals surface area contributed by atoms with Crippen LogP contribution in [0, 0.1) is 17.3 Å². The molecular weight excluding hydrogens is 160 g/mol. The molecule has 13 heavy (non-hydrogen) atoms. The monoisotopic (exact) mass is 178 g/mol. The highest BCUT2D eigenvalue weighted by atomic mass is 16.1. The molecule has 1 saturated carbocycles. The Morgan fingerprint density at radius 3 is 2.54 bits per heavy atom. The van der Waals surface area contributed by atoms with Crippen LogP contribution in [0.25, 0.3) is 0 Å². The first-order valence-corrected chi connectivity index (χ1v) is 5.33. The molecule has 2 unspecified atom stereocenters. The number of rotatable bonds is 0. The Labute approximate surface area is 80.2 Å². The molecule has 0 saturated heterocycles. The van der Waals surface area contributed by atoms with E-state index in [1.165, 1.54) is 6.42 Å². The van der Waals surface area contributed by atoms with Gasteiger partial charge in [-0.15, -0.1) is 0 Å². The lowest BCUT2D eigenvalue weighted by Gasteiger charge is -2.50. The van der Waals surface area contributed by atoms with Crippen LogP contribution < -0.4 is 0 Å². The smallest absolute Gasteiger partial charge is 0.142 e. The van der Waals surface area contributed by atoms with E-state index in [1.54, 1.807) is 0 Å². The molecule has 0 bridgehead atoms. The van der Waals surface area contributed by atoms with Crippen LogP contribution in [-0.4, -0.2) is 5.78 Å². The highest BCUT2D eigenvalue weighted by molar-refractivity contribution is 5.93. The minimum Gasteiger partial charge on any atom is -0.299 e. The molecule has 0 heterocycles. The third kappa shape index (κ3) is 1.25. The van der Waals surface area contributed by atoms with Gasteiger partial charge in [0.25, 0.3) is 0 Å². The van der Waals surface area contributed by atoms with E-state index in [-0.39, 0.29) is 5.41 Å². The summed E-state index contributed by atoms with van der Waals surface area (Å²) < 4.78 is 0. The van der Waals surface area contributed by atoms with Crippen LogP contribution in [0.1, 0.15) is 39.5 Å². The zero-order valence-corrected chi connectivity index (χ0v) is 8.55. The number of carbonyl (C=O) groups is 1. The van der Waals surface area contributed by atoms with Gasteiger partial charge in [0, 0.05) is 11.3 Å². The summed E-state index contributed by atoms with van der Waals surface area (Å²) in [5.74, 6) is 1.55. The first-order valence-electron chi connectivity index (χ1n) is 5.33. The molecule has 1 heteroatoms. The van der Waals surface area contributed by atoms with Crippen molar-refractivity contribution in [3.63, 3.8) is 0 Å². The van der Waals surface area contributed by atoms with E-state index in [0.717, 1.165) is 19.3 Å². The Morgan fingerprint density at radius 2 is 1.85 bits per heavy atom. The minimum atomic E-state index is -0.0180. The van der Waals surface area contributed by atoms with Crippen molar-refractivity contribution in [2.45, 2.75) is 39.5 Å². The lowest BCUT2D eigenvalue weighted by molar-refractivity contribution is -0.154. The van der Waals surface area contributed by atoms with Gasteiger partial charge in [0.15, 0.2) is 0 Å². The van der Waals surface area contributed by atoms with Gasteiger partial charge in [-0.3, -0.25) is 4.79 Å². The molecule has 1 fully saturated rings. The number of allylic oxidation sites excluding steroid dienone is 2. The summed E-state index contributed by atoms with van der Waals surface area (Å²) in [4.78, 5) is 11.8. The second kappa shape index (κ2) is 2.97. The van der Waals surface area contributed by atoms with Crippen molar-refractivity contribution in [2.75, 3.05) is 0 Å². The van der Waals surface area contributed by atoms with Gasteiger partial charge in [-0.05, 0) is 31.6 Å². The molecule has 0 N–H and O–H groups in total. The lowest BCUT2D eigenvalue weighted by Crippen LogP contribution is -2.54. The van der Waals surface area contributed by atoms with Crippen molar-refractivity contribution < 1.29 is 4.79 Å². The van der Waals surface area contributed by atoms with Crippen molar-refractivity contribution in [1.29, 1.82) is 0 Å². The van der Waals surface area contributed by atoms with Crippen molar-refractivity contribution in [1.82, 2.24) is 0 Å². The van der Waals surface area contributed by atoms with E-state index in [0.29, 0.717) is 17.6 Å². The van der Waals surface area contributed by atoms with E-state index in [1.807, 2.05) is 0 Å². The van der Waals surface area contributed by atoms with Gasteiger partial charge >= 0.3 is 0 Å². The minimum absolute atomic E-state index is 0.0180. The maximum absolute atomic E-state index is 11.8. The Bertz CT molecular complexity index is 250. The second-order valence-corrected chi connectivity index (χ2v) is 4.93. The van der Waals surface area contributed by atoms with Crippen LogP contribution in [0.15, 0.2) is 12.2 Å². The normalized spacial score (nSPS) is 39.7. The Kier molecular flexibility index (Phi) is 2.05. The van der Waals surface area contributed by atoms with Crippen LogP contribution in [0.4, 0.5) is 0 Å². The molecule has 0 aromatic carbocycles. The van der Waals surface area contributed by atoms with Gasteiger partial charge in [0.2, 0.25) is 0 Å². The van der Waals surface area contributed by atoms with Crippen molar-refractivity contribution in [2.24, 2.45) is 17.3 Å². The zero-order valence-electron chi connectivity index (χ0n) is 8.55. The average Bonchev–Trinajstić information content (AvgIpc) is 2.03. The lowest BCUT2D eigenvalue weighted by atomic mass is 9.52. The van der Waals surface area contributed by atoms with Gasteiger partial charge < -0.3 is 0 Å². The summed E-state index contributed by atoms with van der Waals surface area (Å²) in [7, 11) is 0. The highest BCUT2D eigenvalue weighted by Crippen LogP contribution is 2.51. The van der Waals surface area contributed by atoms with Crippen LogP contribution in [0.5, 0.6) is 0 Å². The highest BCUT2D eigenvalue weighted by Gasteiger charge is 2.54. The molecule has 0 aromatic heterocycles. The van der Waals surface area contributed by atoms with Crippen LogP contribution >= 0.6 is 0 Å². The Morgan fingerprint density at radius 1 is 1.23 bits per heavy atom. The molecule has 2 rings (SSSR count). The zero-order chi connectivity index (χ0) is 9.47. The maximum Gasteiger partial charge on any atom is 0.142 e. The fraction of sp³-hybridized carbons (Fsp3) is 0.750. The number of Topliss-reactive ketones (excluding diaryl/α,β-unsaturated/α-hetero) is 1. The van der Waals surface area contributed by atoms with Crippen molar-refractivity contribution >= 4 is 5.78 Å². The number of fused-ring (bicyclic) bond motifs is 1. The van der Waals surface area contributed by atoms with E-state index in [4.69, 9.17) is 0 Å². The summed E-state index contributed by atoms with van der Waals surface area (Å²) >= 11 is 0. The van der Waals surface area contributed by atoms with Gasteiger partial charge in [0.05, 0.1) is 0 Å². The Hall–Kier alpha value is -0.590. The number of hydrogen-bond acceptors (Lipinski definition) is 1. The first-order chi connectivity index (χ1) is 6.14. The third-order valence-electron chi connectivity index (χ3n) is 3.84. The standard InChI is InChI=1S/C12H18O/c1-12(2)10-8-6-4-3-5-7-9(10)11(12)13/h3-4,9-10H,5-8H2,1-2H3/b4-3-. The molecule has 0 aliphatic heterocycles. The van der Waals surface area contributed by atoms with Gasteiger partial charge in [-0.2, -0.15) is 0 Å². The van der Waals surface area contributed by atoms with Gasteiger partial charge in [0.1, 0.15) is 5.78 Å². The Balaban J connectivity index is 2.13. The van der Waals surface area contributed by atoms with E-state index in [9.17, 15) is 4.79 Å². The van der Waals surface area contributed by atoms with E-state index >= 15 is 0 Å². The molecule has 72 valence electrons. The second-order valence-electron chi connectivity index (χ2n) is 4.93. The van der Waals surface area contributed by atoms with Gasteiger partial charge in [-0.25, -0.2) is 0 Å². The summed E-state index contributed by atoms with van der Waals surface area (Å²) in [5.41, 5.74) is -0.0180. The SMILES string of the molecule is CC1(C)C(=O)C2CC/C=C\CCC21. The fourth-order valence-electron chi connectivity index (χ4n) is 2.93. The fourth-order valence-corrected chi connectivity index (χ4v) is 2.93. The van der Waals surface area contributed by atoms with E-state index < -0.39 is 0 Å². The number of ketones is 1. The largest absolute Gasteiger partial charge is 0.299 e. The topological polar surface area (TPSA) is 17.1 Å². The van der Waals surface area contributed by atoms with Crippen molar-refractivity contribution in [3.05, 3.63) is 12.2 Å². The predicted molar refractivity (Wildman–Crippen MR) is 53.4 cm³/mol. The molecule has 0 spiro atoms.